The Morgan fingerprint density at radius 1 is 0.727 bits per heavy atom. The van der Waals surface area contributed by atoms with Gasteiger partial charge in [-0.3, -0.25) is 0 Å². The molecule has 0 fully saturated rings. The van der Waals surface area contributed by atoms with Crippen LogP contribution in [-0.2, 0) is 13.1 Å². The maximum Gasteiger partial charge on any atom is 0.163 e. The second kappa shape index (κ2) is 7.88. The lowest BCUT2D eigenvalue weighted by molar-refractivity contribution is 0.403. The van der Waals surface area contributed by atoms with E-state index >= 15 is 0 Å². The van der Waals surface area contributed by atoms with E-state index in [1.54, 1.807) is 0 Å². The Kier molecular flexibility index (Phi) is 6.14. The maximum absolute atomic E-state index is 6.02. The van der Waals surface area contributed by atoms with Gasteiger partial charge in [0.25, 0.3) is 0 Å². The van der Waals surface area contributed by atoms with Crippen molar-refractivity contribution in [1.82, 2.24) is 9.80 Å². The van der Waals surface area contributed by atoms with Crippen LogP contribution in [0.1, 0.15) is 11.1 Å². The minimum Gasteiger partial charge on any atom is -0.305 e. The summed E-state index contributed by atoms with van der Waals surface area (Å²) in [5.41, 5.74) is 2.71. The summed E-state index contributed by atoms with van der Waals surface area (Å²) >= 11 is 6.02. The van der Waals surface area contributed by atoms with E-state index in [2.05, 4.69) is 86.5 Å². The molecule has 2 nitrogen and oxygen atoms in total. The van der Waals surface area contributed by atoms with Crippen molar-refractivity contribution < 1.29 is 0 Å². The summed E-state index contributed by atoms with van der Waals surface area (Å²) in [7, 11) is 7.25. The third-order valence-corrected chi connectivity index (χ3v) is 6.77. The van der Waals surface area contributed by atoms with E-state index in [4.69, 9.17) is 11.6 Å². The number of hydrogen-bond acceptors (Lipinski definition) is 3. The SMILES string of the molecule is CN(C)Cc1ccccc1[Si](=S)c1ccccc1CN(C)C. The zero-order valence-corrected chi connectivity index (χ0v) is 15.7. The summed E-state index contributed by atoms with van der Waals surface area (Å²) in [6.45, 7) is 1.88. The largest absolute Gasteiger partial charge is 0.305 e. The van der Waals surface area contributed by atoms with Crippen molar-refractivity contribution in [3.63, 3.8) is 0 Å². The molecule has 22 heavy (non-hydrogen) atoms. The Balaban J connectivity index is 2.41. The van der Waals surface area contributed by atoms with Gasteiger partial charge in [0.1, 0.15) is 0 Å². The Bertz CT molecular complexity index is 598. The first-order valence-electron chi connectivity index (χ1n) is 7.49. The highest BCUT2D eigenvalue weighted by atomic mass is 32.2. The second-order valence-corrected chi connectivity index (χ2v) is 9.08. The van der Waals surface area contributed by atoms with Gasteiger partial charge in [-0.15, -0.1) is 11.6 Å². The lowest BCUT2D eigenvalue weighted by Crippen LogP contribution is -2.38. The molecule has 0 N–H and O–H groups in total. The Morgan fingerprint density at radius 2 is 1.09 bits per heavy atom. The Hall–Kier alpha value is -1.20. The van der Waals surface area contributed by atoms with E-state index in [9.17, 15) is 0 Å². The van der Waals surface area contributed by atoms with Crippen molar-refractivity contribution >= 4 is 29.5 Å². The van der Waals surface area contributed by atoms with Crippen LogP contribution in [-0.4, -0.2) is 45.5 Å². The lowest BCUT2D eigenvalue weighted by Gasteiger charge is -2.17. The van der Waals surface area contributed by atoms with Gasteiger partial charge in [0.15, 0.2) is 7.50 Å². The van der Waals surface area contributed by atoms with Crippen LogP contribution in [0.2, 0.25) is 0 Å². The Morgan fingerprint density at radius 3 is 1.45 bits per heavy atom. The van der Waals surface area contributed by atoms with Crippen LogP contribution >= 0.6 is 11.6 Å². The van der Waals surface area contributed by atoms with Crippen LogP contribution in [0.3, 0.4) is 0 Å². The topological polar surface area (TPSA) is 6.48 Å². The van der Waals surface area contributed by atoms with Gasteiger partial charge >= 0.3 is 0 Å². The molecule has 0 aliphatic heterocycles. The maximum atomic E-state index is 6.02. The number of nitrogens with zero attached hydrogens (tertiary/aromatic N) is 2. The van der Waals surface area contributed by atoms with Crippen LogP contribution in [0.5, 0.6) is 0 Å². The van der Waals surface area contributed by atoms with Crippen LogP contribution in [0.25, 0.3) is 0 Å². The summed E-state index contributed by atoms with van der Waals surface area (Å²) in [5.74, 6) is 0. The van der Waals surface area contributed by atoms with Gasteiger partial charge in [0.05, 0.1) is 0 Å². The average Bonchev–Trinajstić information content (AvgIpc) is 2.46. The van der Waals surface area contributed by atoms with Crippen LogP contribution in [0, 0.1) is 0 Å². The third-order valence-electron chi connectivity index (χ3n) is 3.50. The third kappa shape index (κ3) is 4.40. The molecule has 4 heteroatoms. The summed E-state index contributed by atoms with van der Waals surface area (Å²) < 4.78 is 0. The van der Waals surface area contributed by atoms with Crippen molar-refractivity contribution in [2.24, 2.45) is 0 Å². The fraction of sp³-hybridized carbons (Fsp3) is 0.333. The summed E-state index contributed by atoms with van der Waals surface area (Å²) in [6, 6.07) is 17.3. The molecule has 2 aromatic carbocycles. The zero-order valence-electron chi connectivity index (χ0n) is 13.8. The molecule has 0 aliphatic carbocycles. The van der Waals surface area contributed by atoms with Crippen LogP contribution in [0.4, 0.5) is 0 Å². The smallest absolute Gasteiger partial charge is 0.163 e. The molecule has 0 radical (unpaired) electrons. The summed E-state index contributed by atoms with van der Waals surface area (Å²) in [6.07, 6.45) is 0. The van der Waals surface area contributed by atoms with E-state index in [-0.39, 0.29) is 0 Å². The highest BCUT2D eigenvalue weighted by molar-refractivity contribution is 7.91. The molecule has 0 amide bonds. The first-order chi connectivity index (χ1) is 10.5. The summed E-state index contributed by atoms with van der Waals surface area (Å²) in [4.78, 5) is 4.41. The molecule has 2 aromatic rings. The highest BCUT2D eigenvalue weighted by Gasteiger charge is 2.14. The predicted octanol–water partition coefficient (Wildman–Crippen LogP) is 2.11. The minimum atomic E-state index is -1.16. The molecule has 0 atom stereocenters. The van der Waals surface area contributed by atoms with E-state index in [0.29, 0.717) is 0 Å². The number of rotatable bonds is 6. The molecule has 0 saturated heterocycles. The van der Waals surface area contributed by atoms with Crippen molar-refractivity contribution in [2.75, 3.05) is 28.2 Å². The van der Waals surface area contributed by atoms with E-state index in [1.807, 2.05) is 0 Å². The van der Waals surface area contributed by atoms with Crippen LogP contribution in [0.15, 0.2) is 48.5 Å². The normalized spacial score (nSPS) is 11.2. The van der Waals surface area contributed by atoms with Gasteiger partial charge in [-0.1, -0.05) is 48.5 Å². The molecule has 0 unspecified atom stereocenters. The molecule has 2 rings (SSSR count). The monoisotopic (exact) mass is 328 g/mol. The minimum absolute atomic E-state index is 0.941. The fourth-order valence-corrected chi connectivity index (χ4v) is 5.47. The fourth-order valence-electron chi connectivity index (χ4n) is 2.59. The molecule has 0 aliphatic rings. The van der Waals surface area contributed by atoms with Crippen molar-refractivity contribution in [3.05, 3.63) is 59.7 Å². The van der Waals surface area contributed by atoms with E-state index in [0.717, 1.165) is 13.1 Å². The predicted molar refractivity (Wildman–Crippen MR) is 100 cm³/mol. The van der Waals surface area contributed by atoms with Crippen molar-refractivity contribution in [3.8, 4) is 0 Å². The molecular weight excluding hydrogens is 304 g/mol. The molecule has 0 heterocycles. The van der Waals surface area contributed by atoms with Gasteiger partial charge < -0.3 is 9.80 Å². The lowest BCUT2D eigenvalue weighted by atomic mass is 10.2. The molecule has 0 aromatic heterocycles. The highest BCUT2D eigenvalue weighted by Crippen LogP contribution is 2.04. The van der Waals surface area contributed by atoms with Crippen molar-refractivity contribution in [1.29, 1.82) is 0 Å². The second-order valence-electron chi connectivity index (χ2n) is 6.12. The van der Waals surface area contributed by atoms with E-state index in [1.165, 1.54) is 21.5 Å². The number of hydrogen-bond donors (Lipinski definition) is 0. The van der Waals surface area contributed by atoms with Crippen molar-refractivity contribution in [2.45, 2.75) is 13.1 Å². The molecule has 116 valence electrons. The Labute approximate surface area is 140 Å². The van der Waals surface area contributed by atoms with Gasteiger partial charge in [-0.25, -0.2) is 0 Å². The van der Waals surface area contributed by atoms with Gasteiger partial charge in [-0.2, -0.15) is 0 Å². The van der Waals surface area contributed by atoms with Gasteiger partial charge in [0, 0.05) is 13.1 Å². The standard InChI is InChI=1S/C18H24N2SSi/c1-19(2)13-15-9-5-7-11-17(15)22(21)18-12-8-6-10-16(18)14-20(3)4/h5-12H,13-14H2,1-4H3. The molecule has 0 bridgehead atoms. The number of benzene rings is 2. The van der Waals surface area contributed by atoms with Gasteiger partial charge in [-0.05, 0) is 49.7 Å². The average molecular weight is 329 g/mol. The molecule has 0 spiro atoms. The molecule has 0 saturated carbocycles. The zero-order chi connectivity index (χ0) is 16.1. The van der Waals surface area contributed by atoms with E-state index < -0.39 is 7.50 Å². The molecular formula is C18H24N2SSi. The van der Waals surface area contributed by atoms with Gasteiger partial charge in [0.2, 0.25) is 0 Å². The first kappa shape index (κ1) is 17.2. The van der Waals surface area contributed by atoms with Crippen LogP contribution < -0.4 is 10.4 Å². The quantitative estimate of drug-likeness (QED) is 0.750. The summed E-state index contributed by atoms with van der Waals surface area (Å²) in [5, 5.41) is 2.70. The first-order valence-corrected chi connectivity index (χ1v) is 10.1.